The molecule has 1 aromatic rings. The van der Waals surface area contributed by atoms with Crippen LogP contribution in [0.4, 0.5) is 0 Å². The molecule has 1 N–H and O–H groups in total. The van der Waals surface area contributed by atoms with E-state index in [9.17, 15) is 4.79 Å². The standard InChI is InChI=1S/C17H26N2O3/c1-19-10-4-5-13(12-19)8-9-18-17(20)15-11-14(21-2)6-7-16(15)22-3/h6-7,11,13H,4-5,8-10,12H2,1-3H3,(H,18,20)/t13-/m1/s1. The molecule has 1 amide bonds. The zero-order valence-electron chi connectivity index (χ0n) is 13.7. The summed E-state index contributed by atoms with van der Waals surface area (Å²) in [6.45, 7) is 3.00. The SMILES string of the molecule is COc1ccc(OC)c(C(=O)NCC[C@H]2CCCN(C)C2)c1. The molecular formula is C17H26N2O3. The molecule has 1 heterocycles. The average molecular weight is 306 g/mol. The summed E-state index contributed by atoms with van der Waals surface area (Å²) < 4.78 is 10.4. The molecular weight excluding hydrogens is 280 g/mol. The molecule has 0 saturated carbocycles. The second-order valence-electron chi connectivity index (χ2n) is 5.88. The maximum absolute atomic E-state index is 12.3. The Morgan fingerprint density at radius 3 is 2.86 bits per heavy atom. The predicted molar refractivity (Wildman–Crippen MR) is 86.7 cm³/mol. The number of nitrogens with zero attached hydrogens (tertiary/aromatic N) is 1. The van der Waals surface area contributed by atoms with Gasteiger partial charge in [0.1, 0.15) is 11.5 Å². The number of ether oxygens (including phenoxy) is 2. The van der Waals surface area contributed by atoms with E-state index in [-0.39, 0.29) is 5.91 Å². The predicted octanol–water partition coefficient (Wildman–Crippen LogP) is 2.17. The van der Waals surface area contributed by atoms with Gasteiger partial charge < -0.3 is 19.7 Å². The Balaban J connectivity index is 1.89. The van der Waals surface area contributed by atoms with Crippen molar-refractivity contribution in [1.82, 2.24) is 10.2 Å². The molecule has 1 aliphatic rings. The first kappa shape index (κ1) is 16.6. The van der Waals surface area contributed by atoms with Crippen molar-refractivity contribution in [1.29, 1.82) is 0 Å². The summed E-state index contributed by atoms with van der Waals surface area (Å²) in [5.74, 6) is 1.78. The van der Waals surface area contributed by atoms with E-state index >= 15 is 0 Å². The van der Waals surface area contributed by atoms with Gasteiger partial charge in [0.2, 0.25) is 0 Å². The van der Waals surface area contributed by atoms with Crippen LogP contribution in [0.2, 0.25) is 0 Å². The van der Waals surface area contributed by atoms with Crippen LogP contribution in [0.3, 0.4) is 0 Å². The van der Waals surface area contributed by atoms with Crippen molar-refractivity contribution in [2.24, 2.45) is 5.92 Å². The van der Waals surface area contributed by atoms with E-state index < -0.39 is 0 Å². The molecule has 2 rings (SSSR count). The minimum Gasteiger partial charge on any atom is -0.497 e. The van der Waals surface area contributed by atoms with Crippen molar-refractivity contribution in [3.8, 4) is 11.5 Å². The van der Waals surface area contributed by atoms with E-state index in [1.165, 1.54) is 19.4 Å². The highest BCUT2D eigenvalue weighted by Crippen LogP contribution is 2.24. The fourth-order valence-corrected chi connectivity index (χ4v) is 2.99. The largest absolute Gasteiger partial charge is 0.497 e. The molecule has 0 radical (unpaired) electrons. The molecule has 1 atom stereocenters. The second-order valence-corrected chi connectivity index (χ2v) is 5.88. The highest BCUT2D eigenvalue weighted by Gasteiger charge is 2.18. The van der Waals surface area contributed by atoms with Gasteiger partial charge >= 0.3 is 0 Å². The van der Waals surface area contributed by atoms with Crippen molar-refractivity contribution in [2.75, 3.05) is 40.9 Å². The molecule has 22 heavy (non-hydrogen) atoms. The fraction of sp³-hybridized carbons (Fsp3) is 0.588. The Morgan fingerprint density at radius 1 is 1.36 bits per heavy atom. The van der Waals surface area contributed by atoms with Gasteiger partial charge in [-0.1, -0.05) is 0 Å². The number of benzene rings is 1. The lowest BCUT2D eigenvalue weighted by Crippen LogP contribution is -2.34. The molecule has 0 spiro atoms. The number of nitrogens with one attached hydrogen (secondary N) is 1. The van der Waals surface area contributed by atoms with Crippen LogP contribution in [0.25, 0.3) is 0 Å². The van der Waals surface area contributed by atoms with E-state index in [0.717, 1.165) is 13.0 Å². The molecule has 0 aliphatic carbocycles. The van der Waals surface area contributed by atoms with Gasteiger partial charge in [-0.2, -0.15) is 0 Å². The first-order valence-electron chi connectivity index (χ1n) is 7.82. The zero-order chi connectivity index (χ0) is 15.9. The van der Waals surface area contributed by atoms with Crippen LogP contribution in [-0.4, -0.2) is 51.7 Å². The Hall–Kier alpha value is -1.75. The maximum Gasteiger partial charge on any atom is 0.255 e. The fourth-order valence-electron chi connectivity index (χ4n) is 2.99. The summed E-state index contributed by atoms with van der Waals surface area (Å²) in [5.41, 5.74) is 0.516. The third kappa shape index (κ3) is 4.37. The normalized spacial score (nSPS) is 18.8. The lowest BCUT2D eigenvalue weighted by Gasteiger charge is -2.29. The van der Waals surface area contributed by atoms with Crippen LogP contribution in [0.1, 0.15) is 29.6 Å². The summed E-state index contributed by atoms with van der Waals surface area (Å²) in [6, 6.07) is 5.25. The number of piperidine rings is 1. The molecule has 0 bridgehead atoms. The van der Waals surface area contributed by atoms with E-state index in [1.807, 2.05) is 0 Å². The van der Waals surface area contributed by atoms with Crippen molar-refractivity contribution in [2.45, 2.75) is 19.3 Å². The number of hydrogen-bond donors (Lipinski definition) is 1. The number of rotatable bonds is 6. The third-order valence-corrected chi connectivity index (χ3v) is 4.21. The number of carbonyl (C=O) groups excluding carboxylic acids is 1. The van der Waals surface area contributed by atoms with Crippen LogP contribution >= 0.6 is 0 Å². The molecule has 0 aromatic heterocycles. The lowest BCUT2D eigenvalue weighted by molar-refractivity contribution is 0.0945. The van der Waals surface area contributed by atoms with E-state index in [0.29, 0.717) is 29.5 Å². The van der Waals surface area contributed by atoms with Gasteiger partial charge in [0.25, 0.3) is 5.91 Å². The highest BCUT2D eigenvalue weighted by atomic mass is 16.5. The number of likely N-dealkylation sites (tertiary alicyclic amines) is 1. The van der Waals surface area contributed by atoms with Crippen molar-refractivity contribution in [3.05, 3.63) is 23.8 Å². The van der Waals surface area contributed by atoms with Gasteiger partial charge in [-0.3, -0.25) is 4.79 Å². The van der Waals surface area contributed by atoms with Crippen LogP contribution in [0.5, 0.6) is 11.5 Å². The summed E-state index contributed by atoms with van der Waals surface area (Å²) in [7, 11) is 5.31. The summed E-state index contributed by atoms with van der Waals surface area (Å²) in [6.07, 6.45) is 3.52. The maximum atomic E-state index is 12.3. The van der Waals surface area contributed by atoms with Gasteiger partial charge in [0, 0.05) is 13.1 Å². The molecule has 5 heteroatoms. The summed E-state index contributed by atoms with van der Waals surface area (Å²) in [4.78, 5) is 14.7. The average Bonchev–Trinajstić information content (AvgIpc) is 2.54. The Labute approximate surface area is 132 Å². The molecule has 0 unspecified atom stereocenters. The van der Waals surface area contributed by atoms with Crippen molar-refractivity contribution >= 4 is 5.91 Å². The monoisotopic (exact) mass is 306 g/mol. The Kier molecular flexibility index (Phi) is 6.07. The van der Waals surface area contributed by atoms with Gasteiger partial charge in [-0.25, -0.2) is 0 Å². The van der Waals surface area contributed by atoms with Gasteiger partial charge in [-0.05, 0) is 57.0 Å². The molecule has 1 aromatic carbocycles. The lowest BCUT2D eigenvalue weighted by atomic mass is 9.95. The minimum atomic E-state index is -0.111. The van der Waals surface area contributed by atoms with Gasteiger partial charge in [0.15, 0.2) is 0 Å². The first-order chi connectivity index (χ1) is 10.6. The number of amides is 1. The Bertz CT molecular complexity index is 505. The van der Waals surface area contributed by atoms with E-state index in [4.69, 9.17) is 9.47 Å². The van der Waals surface area contributed by atoms with Crippen LogP contribution in [-0.2, 0) is 0 Å². The zero-order valence-corrected chi connectivity index (χ0v) is 13.7. The molecule has 5 nitrogen and oxygen atoms in total. The van der Waals surface area contributed by atoms with Crippen LogP contribution < -0.4 is 14.8 Å². The molecule has 122 valence electrons. The topological polar surface area (TPSA) is 50.8 Å². The smallest absolute Gasteiger partial charge is 0.255 e. The molecule has 1 fully saturated rings. The Morgan fingerprint density at radius 2 is 2.18 bits per heavy atom. The summed E-state index contributed by atoms with van der Waals surface area (Å²) >= 11 is 0. The quantitative estimate of drug-likeness (QED) is 0.875. The number of carbonyl (C=O) groups is 1. The highest BCUT2D eigenvalue weighted by molar-refractivity contribution is 5.97. The van der Waals surface area contributed by atoms with Crippen molar-refractivity contribution < 1.29 is 14.3 Å². The van der Waals surface area contributed by atoms with E-state index in [2.05, 4.69) is 17.3 Å². The van der Waals surface area contributed by atoms with E-state index in [1.54, 1.807) is 32.4 Å². The minimum absolute atomic E-state index is 0.111. The van der Waals surface area contributed by atoms with Crippen LogP contribution in [0, 0.1) is 5.92 Å². The van der Waals surface area contributed by atoms with Crippen molar-refractivity contribution in [3.63, 3.8) is 0 Å². The third-order valence-electron chi connectivity index (χ3n) is 4.21. The molecule has 1 saturated heterocycles. The first-order valence-corrected chi connectivity index (χ1v) is 7.82. The number of hydrogen-bond acceptors (Lipinski definition) is 4. The van der Waals surface area contributed by atoms with Gasteiger partial charge in [-0.15, -0.1) is 0 Å². The van der Waals surface area contributed by atoms with Gasteiger partial charge in [0.05, 0.1) is 19.8 Å². The number of methoxy groups -OCH3 is 2. The molecule has 1 aliphatic heterocycles. The van der Waals surface area contributed by atoms with Crippen LogP contribution in [0.15, 0.2) is 18.2 Å². The summed E-state index contributed by atoms with van der Waals surface area (Å²) in [5, 5.41) is 2.99. The second kappa shape index (κ2) is 8.03.